The Morgan fingerprint density at radius 1 is 1.20 bits per heavy atom. The van der Waals surface area contributed by atoms with Gasteiger partial charge in [0.15, 0.2) is 0 Å². The maximum Gasteiger partial charge on any atom is 0.146 e. The first-order chi connectivity index (χ1) is 7.34. The quantitative estimate of drug-likeness (QED) is 0.795. The second-order valence-corrected chi connectivity index (χ2v) is 3.94. The SMILES string of the molecule is Nc1ccc(SCc2cccnc2)nn1. The molecule has 2 heterocycles. The third kappa shape index (κ3) is 2.92. The summed E-state index contributed by atoms with van der Waals surface area (Å²) in [5.74, 6) is 1.28. The van der Waals surface area contributed by atoms with Gasteiger partial charge in [-0.05, 0) is 23.8 Å². The highest BCUT2D eigenvalue weighted by Gasteiger charge is 1.97. The number of thioether (sulfide) groups is 1. The molecule has 0 amide bonds. The van der Waals surface area contributed by atoms with E-state index in [0.717, 1.165) is 10.8 Å². The van der Waals surface area contributed by atoms with Crippen molar-refractivity contribution in [2.45, 2.75) is 10.8 Å². The van der Waals surface area contributed by atoms with Crippen LogP contribution >= 0.6 is 11.8 Å². The topological polar surface area (TPSA) is 64.7 Å². The summed E-state index contributed by atoms with van der Waals surface area (Å²) >= 11 is 1.61. The average molecular weight is 218 g/mol. The fraction of sp³-hybridized carbons (Fsp3) is 0.100. The van der Waals surface area contributed by atoms with Crippen LogP contribution in [0.4, 0.5) is 5.82 Å². The normalized spacial score (nSPS) is 10.1. The van der Waals surface area contributed by atoms with Crippen molar-refractivity contribution < 1.29 is 0 Å². The minimum absolute atomic E-state index is 0.445. The molecule has 0 saturated heterocycles. The molecule has 0 aliphatic heterocycles. The van der Waals surface area contributed by atoms with Crippen molar-refractivity contribution in [2.75, 3.05) is 5.73 Å². The maximum absolute atomic E-state index is 5.44. The van der Waals surface area contributed by atoms with Gasteiger partial charge in [-0.3, -0.25) is 4.98 Å². The highest BCUT2D eigenvalue weighted by molar-refractivity contribution is 7.98. The molecule has 0 fully saturated rings. The van der Waals surface area contributed by atoms with Crippen molar-refractivity contribution in [1.29, 1.82) is 0 Å². The van der Waals surface area contributed by atoms with E-state index in [1.165, 1.54) is 5.56 Å². The Bertz CT molecular complexity index is 415. The lowest BCUT2D eigenvalue weighted by molar-refractivity contribution is 0.938. The lowest BCUT2D eigenvalue weighted by atomic mass is 10.3. The minimum atomic E-state index is 0.445. The summed E-state index contributed by atoms with van der Waals surface area (Å²) in [4.78, 5) is 4.04. The predicted molar refractivity (Wildman–Crippen MR) is 60.2 cm³/mol. The number of nitrogens with two attached hydrogens (primary N) is 1. The van der Waals surface area contributed by atoms with E-state index < -0.39 is 0 Å². The van der Waals surface area contributed by atoms with Gasteiger partial charge < -0.3 is 5.73 Å². The smallest absolute Gasteiger partial charge is 0.146 e. The molecule has 2 aromatic heterocycles. The molecule has 0 bridgehead atoms. The Balaban J connectivity index is 1.96. The lowest BCUT2D eigenvalue weighted by Gasteiger charge is -1.99. The largest absolute Gasteiger partial charge is 0.382 e. The van der Waals surface area contributed by atoms with Crippen LogP contribution < -0.4 is 5.73 Å². The summed E-state index contributed by atoms with van der Waals surface area (Å²) in [6.45, 7) is 0. The highest BCUT2D eigenvalue weighted by atomic mass is 32.2. The van der Waals surface area contributed by atoms with Gasteiger partial charge in [0.25, 0.3) is 0 Å². The van der Waals surface area contributed by atoms with Gasteiger partial charge in [-0.2, -0.15) is 0 Å². The van der Waals surface area contributed by atoms with E-state index in [2.05, 4.69) is 15.2 Å². The van der Waals surface area contributed by atoms with Crippen LogP contribution in [0, 0.1) is 0 Å². The van der Waals surface area contributed by atoms with Crippen LogP contribution in [0.25, 0.3) is 0 Å². The van der Waals surface area contributed by atoms with Gasteiger partial charge in [0.1, 0.15) is 10.8 Å². The average Bonchev–Trinajstić information content (AvgIpc) is 2.30. The van der Waals surface area contributed by atoms with E-state index in [-0.39, 0.29) is 0 Å². The molecule has 0 spiro atoms. The molecule has 2 N–H and O–H groups in total. The van der Waals surface area contributed by atoms with Crippen molar-refractivity contribution in [3.8, 4) is 0 Å². The van der Waals surface area contributed by atoms with E-state index >= 15 is 0 Å². The molecule has 0 aliphatic rings. The number of nitrogen functional groups attached to an aromatic ring is 1. The first-order valence-electron chi connectivity index (χ1n) is 4.45. The maximum atomic E-state index is 5.44. The minimum Gasteiger partial charge on any atom is -0.382 e. The zero-order valence-electron chi connectivity index (χ0n) is 8.00. The first-order valence-corrected chi connectivity index (χ1v) is 5.44. The standard InChI is InChI=1S/C10H10N4S/c11-9-3-4-10(14-13-9)15-7-8-2-1-5-12-6-8/h1-6H,7H2,(H2,11,13). The third-order valence-electron chi connectivity index (χ3n) is 1.77. The summed E-state index contributed by atoms with van der Waals surface area (Å²) < 4.78 is 0. The molecule has 0 unspecified atom stereocenters. The van der Waals surface area contributed by atoms with Crippen LogP contribution in [-0.4, -0.2) is 15.2 Å². The summed E-state index contributed by atoms with van der Waals surface area (Å²) in [6, 6.07) is 7.57. The first kappa shape index (κ1) is 9.92. The molecule has 76 valence electrons. The monoisotopic (exact) mass is 218 g/mol. The third-order valence-corrected chi connectivity index (χ3v) is 2.76. The highest BCUT2D eigenvalue weighted by Crippen LogP contribution is 2.19. The summed E-state index contributed by atoms with van der Waals surface area (Å²) in [7, 11) is 0. The Kier molecular flexibility index (Phi) is 3.14. The Hall–Kier alpha value is -1.62. The number of aromatic nitrogens is 3. The van der Waals surface area contributed by atoms with Crippen LogP contribution in [0.3, 0.4) is 0 Å². The molecule has 0 saturated carbocycles. The summed E-state index contributed by atoms with van der Waals surface area (Å²) in [5, 5.41) is 8.61. The molecular weight excluding hydrogens is 208 g/mol. The molecule has 5 heteroatoms. The van der Waals surface area contributed by atoms with Gasteiger partial charge in [0.05, 0.1) is 0 Å². The zero-order chi connectivity index (χ0) is 10.5. The molecule has 2 rings (SSSR count). The van der Waals surface area contributed by atoms with E-state index in [0.29, 0.717) is 5.82 Å². The van der Waals surface area contributed by atoms with Crippen LogP contribution in [0.1, 0.15) is 5.56 Å². The van der Waals surface area contributed by atoms with Crippen molar-refractivity contribution in [3.05, 3.63) is 42.2 Å². The molecule has 2 aromatic rings. The van der Waals surface area contributed by atoms with Gasteiger partial charge in [0, 0.05) is 18.1 Å². The Morgan fingerprint density at radius 2 is 2.13 bits per heavy atom. The Morgan fingerprint density at radius 3 is 2.80 bits per heavy atom. The lowest BCUT2D eigenvalue weighted by Crippen LogP contribution is -1.93. The fourth-order valence-electron chi connectivity index (χ4n) is 1.05. The van der Waals surface area contributed by atoms with E-state index in [9.17, 15) is 0 Å². The van der Waals surface area contributed by atoms with Crippen molar-refractivity contribution in [1.82, 2.24) is 15.2 Å². The van der Waals surface area contributed by atoms with E-state index in [1.54, 1.807) is 24.0 Å². The van der Waals surface area contributed by atoms with Gasteiger partial charge in [-0.1, -0.05) is 17.8 Å². The number of nitrogens with zero attached hydrogens (tertiary/aromatic N) is 3. The Labute approximate surface area is 91.9 Å². The van der Waals surface area contributed by atoms with Crippen LogP contribution in [0.15, 0.2) is 41.7 Å². The van der Waals surface area contributed by atoms with Gasteiger partial charge in [0.2, 0.25) is 0 Å². The second kappa shape index (κ2) is 4.75. The number of hydrogen-bond donors (Lipinski definition) is 1. The van der Waals surface area contributed by atoms with E-state index in [1.807, 2.05) is 24.4 Å². The molecule has 0 aliphatic carbocycles. The summed E-state index contributed by atoms with van der Waals surface area (Å²) in [5.41, 5.74) is 6.61. The van der Waals surface area contributed by atoms with Gasteiger partial charge >= 0.3 is 0 Å². The fourth-order valence-corrected chi connectivity index (χ4v) is 1.80. The molecule has 0 radical (unpaired) electrons. The van der Waals surface area contributed by atoms with Gasteiger partial charge in [-0.25, -0.2) is 0 Å². The molecule has 15 heavy (non-hydrogen) atoms. The zero-order valence-corrected chi connectivity index (χ0v) is 8.81. The molecule has 0 atom stereocenters. The van der Waals surface area contributed by atoms with Crippen molar-refractivity contribution >= 4 is 17.6 Å². The predicted octanol–water partition coefficient (Wildman–Crippen LogP) is 1.75. The molecular formula is C10H10N4S. The van der Waals surface area contributed by atoms with Gasteiger partial charge in [-0.15, -0.1) is 10.2 Å². The van der Waals surface area contributed by atoms with Crippen molar-refractivity contribution in [2.24, 2.45) is 0 Å². The number of anilines is 1. The van der Waals surface area contributed by atoms with E-state index in [4.69, 9.17) is 5.73 Å². The number of rotatable bonds is 3. The summed E-state index contributed by atoms with van der Waals surface area (Å²) in [6.07, 6.45) is 3.61. The van der Waals surface area contributed by atoms with Crippen LogP contribution in [-0.2, 0) is 5.75 Å². The number of pyridine rings is 1. The van der Waals surface area contributed by atoms with Crippen LogP contribution in [0.5, 0.6) is 0 Å². The molecule has 4 nitrogen and oxygen atoms in total. The van der Waals surface area contributed by atoms with Crippen molar-refractivity contribution in [3.63, 3.8) is 0 Å². The second-order valence-electron chi connectivity index (χ2n) is 2.95. The molecule has 0 aromatic carbocycles. The number of hydrogen-bond acceptors (Lipinski definition) is 5. The van der Waals surface area contributed by atoms with Crippen LogP contribution in [0.2, 0.25) is 0 Å².